The molecule has 0 unspecified atom stereocenters. The van der Waals surface area contributed by atoms with E-state index in [1.807, 2.05) is 0 Å². The van der Waals surface area contributed by atoms with Crippen molar-refractivity contribution in [1.29, 1.82) is 0 Å². The van der Waals surface area contributed by atoms with Crippen LogP contribution in [0.5, 0.6) is 17.2 Å². The Labute approximate surface area is 156 Å². The first-order chi connectivity index (χ1) is 12.7. The van der Waals surface area contributed by atoms with E-state index in [-0.39, 0.29) is 5.75 Å². The van der Waals surface area contributed by atoms with Crippen LogP contribution in [0.25, 0.3) is 0 Å². The standard InChI is InChI=1S/C21H32O5/c1-23-20-12-18(8-9-19(20)22)26-11-7-5-3-2-4-6-10-21-15-24-13-17(21)14-25-16-21/h8-9,12,17,22H,2-7,10-11,13-16H2,1H3. The lowest BCUT2D eigenvalue weighted by Gasteiger charge is -2.25. The Morgan fingerprint density at radius 3 is 2.46 bits per heavy atom. The number of fused-ring (bicyclic) bond motifs is 1. The lowest BCUT2D eigenvalue weighted by molar-refractivity contribution is 0.0779. The summed E-state index contributed by atoms with van der Waals surface area (Å²) in [6.07, 6.45) is 8.62. The highest BCUT2D eigenvalue weighted by molar-refractivity contribution is 5.44. The molecule has 0 atom stereocenters. The van der Waals surface area contributed by atoms with E-state index in [0.29, 0.717) is 23.7 Å². The lowest BCUT2D eigenvalue weighted by atomic mass is 9.77. The average Bonchev–Trinajstić information content (AvgIpc) is 3.21. The summed E-state index contributed by atoms with van der Waals surface area (Å²) in [4.78, 5) is 0. The van der Waals surface area contributed by atoms with Gasteiger partial charge in [-0.05, 0) is 25.0 Å². The molecule has 0 bridgehead atoms. The highest BCUT2D eigenvalue weighted by Gasteiger charge is 2.47. The molecule has 2 saturated heterocycles. The number of phenolic OH excluding ortho intramolecular Hbond substituents is 1. The van der Waals surface area contributed by atoms with Crippen LogP contribution in [0.4, 0.5) is 0 Å². The van der Waals surface area contributed by atoms with Gasteiger partial charge in [-0.25, -0.2) is 0 Å². The molecule has 0 spiro atoms. The van der Waals surface area contributed by atoms with Crippen LogP contribution in [0.2, 0.25) is 0 Å². The second kappa shape index (κ2) is 9.47. The highest BCUT2D eigenvalue weighted by Crippen LogP contribution is 2.43. The van der Waals surface area contributed by atoms with Gasteiger partial charge in [-0.1, -0.05) is 32.1 Å². The monoisotopic (exact) mass is 364 g/mol. The number of aromatic hydroxyl groups is 1. The van der Waals surface area contributed by atoms with Gasteiger partial charge in [0.05, 0.1) is 40.1 Å². The lowest BCUT2D eigenvalue weighted by Crippen LogP contribution is -2.28. The fourth-order valence-corrected chi connectivity index (χ4v) is 4.06. The average molecular weight is 364 g/mol. The van der Waals surface area contributed by atoms with E-state index >= 15 is 0 Å². The van der Waals surface area contributed by atoms with E-state index in [1.165, 1.54) is 45.6 Å². The number of methoxy groups -OCH3 is 1. The Hall–Kier alpha value is -1.46. The van der Waals surface area contributed by atoms with Crippen molar-refractivity contribution in [2.75, 3.05) is 40.1 Å². The fraction of sp³-hybridized carbons (Fsp3) is 0.714. The predicted octanol–water partition coefficient (Wildman–Crippen LogP) is 4.17. The highest BCUT2D eigenvalue weighted by atomic mass is 16.5. The van der Waals surface area contributed by atoms with Crippen molar-refractivity contribution in [3.63, 3.8) is 0 Å². The van der Waals surface area contributed by atoms with Gasteiger partial charge in [0.2, 0.25) is 0 Å². The molecule has 0 amide bonds. The molecule has 0 saturated carbocycles. The van der Waals surface area contributed by atoms with E-state index in [0.717, 1.165) is 38.6 Å². The third-order valence-electron chi connectivity index (χ3n) is 5.77. The number of phenols is 1. The molecule has 0 radical (unpaired) electrons. The zero-order valence-electron chi connectivity index (χ0n) is 15.9. The summed E-state index contributed by atoms with van der Waals surface area (Å²) in [5.74, 6) is 1.97. The molecule has 0 aliphatic carbocycles. The van der Waals surface area contributed by atoms with Crippen LogP contribution in [-0.2, 0) is 9.47 Å². The van der Waals surface area contributed by atoms with Gasteiger partial charge in [0.15, 0.2) is 11.5 Å². The second-order valence-corrected chi connectivity index (χ2v) is 7.64. The Balaban J connectivity index is 1.21. The smallest absolute Gasteiger partial charge is 0.164 e. The van der Waals surface area contributed by atoms with Crippen LogP contribution in [0.1, 0.15) is 44.9 Å². The third kappa shape index (κ3) is 4.83. The van der Waals surface area contributed by atoms with Gasteiger partial charge in [0, 0.05) is 17.4 Å². The number of benzene rings is 1. The minimum absolute atomic E-state index is 0.138. The summed E-state index contributed by atoms with van der Waals surface area (Å²) in [5.41, 5.74) is 0.332. The van der Waals surface area contributed by atoms with Crippen LogP contribution >= 0.6 is 0 Å². The summed E-state index contributed by atoms with van der Waals surface area (Å²) >= 11 is 0. The summed E-state index contributed by atoms with van der Waals surface area (Å²) in [6.45, 7) is 4.29. The van der Waals surface area contributed by atoms with E-state index in [2.05, 4.69) is 0 Å². The van der Waals surface area contributed by atoms with Crippen LogP contribution in [0, 0.1) is 11.3 Å². The quantitative estimate of drug-likeness (QED) is 0.597. The van der Waals surface area contributed by atoms with Crippen LogP contribution in [-0.4, -0.2) is 45.3 Å². The first-order valence-electron chi connectivity index (χ1n) is 9.89. The molecule has 5 heteroatoms. The van der Waals surface area contributed by atoms with Crippen LogP contribution in [0.3, 0.4) is 0 Å². The Morgan fingerprint density at radius 1 is 1.04 bits per heavy atom. The molecule has 2 fully saturated rings. The summed E-state index contributed by atoms with van der Waals surface area (Å²) < 4.78 is 22.2. The summed E-state index contributed by atoms with van der Waals surface area (Å²) in [5, 5.41) is 9.57. The molecule has 5 nitrogen and oxygen atoms in total. The predicted molar refractivity (Wildman–Crippen MR) is 100 cm³/mol. The maximum Gasteiger partial charge on any atom is 0.164 e. The molecule has 26 heavy (non-hydrogen) atoms. The van der Waals surface area contributed by atoms with Gasteiger partial charge in [0.1, 0.15) is 5.75 Å². The minimum Gasteiger partial charge on any atom is -0.504 e. The molecule has 1 aromatic rings. The minimum atomic E-state index is 0.138. The van der Waals surface area contributed by atoms with E-state index in [4.69, 9.17) is 18.9 Å². The molecule has 1 N–H and O–H groups in total. The molecule has 146 valence electrons. The topological polar surface area (TPSA) is 57.2 Å². The molecule has 0 aromatic heterocycles. The number of rotatable bonds is 11. The van der Waals surface area contributed by atoms with Gasteiger partial charge in [0.25, 0.3) is 0 Å². The zero-order valence-corrected chi connectivity index (χ0v) is 15.9. The van der Waals surface area contributed by atoms with Crippen molar-refractivity contribution >= 4 is 0 Å². The van der Waals surface area contributed by atoms with Gasteiger partial charge < -0.3 is 24.1 Å². The summed E-state index contributed by atoms with van der Waals surface area (Å²) in [6, 6.07) is 5.09. The normalized spacial score (nSPS) is 24.6. The van der Waals surface area contributed by atoms with Gasteiger partial charge in [-0.2, -0.15) is 0 Å². The summed E-state index contributed by atoms with van der Waals surface area (Å²) in [7, 11) is 1.54. The number of hydrogen-bond donors (Lipinski definition) is 1. The van der Waals surface area contributed by atoms with E-state index in [1.54, 1.807) is 18.2 Å². The van der Waals surface area contributed by atoms with Crippen molar-refractivity contribution in [2.45, 2.75) is 44.9 Å². The maximum absolute atomic E-state index is 9.57. The van der Waals surface area contributed by atoms with Crippen molar-refractivity contribution < 1.29 is 24.1 Å². The van der Waals surface area contributed by atoms with Crippen LogP contribution < -0.4 is 9.47 Å². The number of unbranched alkanes of at least 4 members (excludes halogenated alkanes) is 5. The molecule has 1 aromatic carbocycles. The first kappa shape index (κ1) is 19.3. The number of hydrogen-bond acceptors (Lipinski definition) is 5. The second-order valence-electron chi connectivity index (χ2n) is 7.64. The van der Waals surface area contributed by atoms with Crippen LogP contribution in [0.15, 0.2) is 18.2 Å². The Bertz CT molecular complexity index is 549. The molecule has 2 aliphatic rings. The Morgan fingerprint density at radius 2 is 1.73 bits per heavy atom. The van der Waals surface area contributed by atoms with Crippen molar-refractivity contribution in [3.05, 3.63) is 18.2 Å². The molecule has 2 heterocycles. The molecule has 3 rings (SSSR count). The van der Waals surface area contributed by atoms with E-state index in [9.17, 15) is 5.11 Å². The zero-order chi connectivity index (χ0) is 18.2. The maximum atomic E-state index is 9.57. The first-order valence-corrected chi connectivity index (χ1v) is 9.89. The van der Waals surface area contributed by atoms with Gasteiger partial charge in [-0.3, -0.25) is 0 Å². The SMILES string of the molecule is COc1cc(OCCCCCCCCC23COCC2COC3)ccc1O. The molecular weight excluding hydrogens is 332 g/mol. The third-order valence-corrected chi connectivity index (χ3v) is 5.77. The molecular formula is C21H32O5. The number of ether oxygens (including phenoxy) is 4. The van der Waals surface area contributed by atoms with Gasteiger partial charge in [-0.15, -0.1) is 0 Å². The van der Waals surface area contributed by atoms with Gasteiger partial charge >= 0.3 is 0 Å². The van der Waals surface area contributed by atoms with Crippen molar-refractivity contribution in [1.82, 2.24) is 0 Å². The molecule has 2 aliphatic heterocycles. The van der Waals surface area contributed by atoms with E-state index < -0.39 is 0 Å². The van der Waals surface area contributed by atoms with Crippen molar-refractivity contribution in [2.24, 2.45) is 11.3 Å². The largest absolute Gasteiger partial charge is 0.504 e. The fourth-order valence-electron chi connectivity index (χ4n) is 4.06. The Kier molecular flexibility index (Phi) is 7.03. The van der Waals surface area contributed by atoms with Crippen molar-refractivity contribution in [3.8, 4) is 17.2 Å².